The molecule has 0 N–H and O–H groups in total. The molecule has 1 fully saturated rings. The summed E-state index contributed by atoms with van der Waals surface area (Å²) in [5, 5.41) is 0.472. The average Bonchev–Trinajstić information content (AvgIpc) is 2.77. The Morgan fingerprint density at radius 2 is 2.00 bits per heavy atom. The third-order valence-electron chi connectivity index (χ3n) is 3.53. The van der Waals surface area contributed by atoms with Crippen molar-refractivity contribution in [1.29, 1.82) is 0 Å². The fourth-order valence-corrected chi connectivity index (χ4v) is 3.00. The van der Waals surface area contributed by atoms with E-state index in [9.17, 15) is 8.78 Å². The van der Waals surface area contributed by atoms with Gasteiger partial charge in [0.2, 0.25) is 0 Å². The molecule has 0 aromatic heterocycles. The predicted octanol–water partition coefficient (Wildman–Crippen LogP) is 4.49. The summed E-state index contributed by atoms with van der Waals surface area (Å²) < 4.78 is 27.9. The molecule has 1 nitrogen and oxygen atoms in total. The van der Waals surface area contributed by atoms with Gasteiger partial charge in [-0.2, -0.15) is 0 Å². The van der Waals surface area contributed by atoms with Gasteiger partial charge in [0.15, 0.2) is 0 Å². The highest BCUT2D eigenvalue weighted by Crippen LogP contribution is 2.31. The Kier molecular flexibility index (Phi) is 4.60. The highest BCUT2D eigenvalue weighted by molar-refractivity contribution is 9.08. The summed E-state index contributed by atoms with van der Waals surface area (Å²) in [6.45, 7) is 3.68. The summed E-state index contributed by atoms with van der Waals surface area (Å²) in [5.41, 5.74) is 0.788. The lowest BCUT2D eigenvalue weighted by molar-refractivity contribution is 0.526. The van der Waals surface area contributed by atoms with Crippen LogP contribution in [0.15, 0.2) is 12.1 Å². The Morgan fingerprint density at radius 3 is 2.56 bits per heavy atom. The molecule has 0 amide bonds. The topological polar surface area (TPSA) is 3.24 Å². The van der Waals surface area contributed by atoms with Gasteiger partial charge in [-0.15, -0.1) is 0 Å². The van der Waals surface area contributed by atoms with Gasteiger partial charge in [0, 0.05) is 18.4 Å². The first kappa shape index (κ1) is 13.8. The molecule has 4 heteroatoms. The van der Waals surface area contributed by atoms with E-state index in [1.54, 1.807) is 0 Å². The minimum atomic E-state index is -0.443. The number of nitrogens with zero attached hydrogens (tertiary/aromatic N) is 1. The molecule has 0 bridgehead atoms. The molecule has 0 saturated carbocycles. The molecule has 1 heterocycles. The molecule has 18 heavy (non-hydrogen) atoms. The molecular weight excluding hydrogens is 300 g/mol. The second-order valence-corrected chi connectivity index (χ2v) is 5.49. The van der Waals surface area contributed by atoms with Gasteiger partial charge < -0.3 is 4.90 Å². The van der Waals surface area contributed by atoms with Crippen LogP contribution < -0.4 is 4.90 Å². The summed E-state index contributed by atoms with van der Waals surface area (Å²) in [6, 6.07) is 2.83. The van der Waals surface area contributed by atoms with E-state index in [0.717, 1.165) is 32.4 Å². The van der Waals surface area contributed by atoms with Gasteiger partial charge in [0.25, 0.3) is 0 Å². The van der Waals surface area contributed by atoms with Gasteiger partial charge in [-0.25, -0.2) is 8.78 Å². The standard InChI is InChI=1S/C14H18BrF2N/c1-2-3-10-4-5-18(9-10)14-12(16)6-11(8-15)7-13(14)17/h6-7,10H,2-5,8-9H2,1H3. The van der Waals surface area contributed by atoms with Crippen LogP contribution >= 0.6 is 15.9 Å². The minimum Gasteiger partial charge on any atom is -0.367 e. The van der Waals surface area contributed by atoms with Crippen LogP contribution in [0.2, 0.25) is 0 Å². The van der Waals surface area contributed by atoms with Gasteiger partial charge in [-0.3, -0.25) is 0 Å². The number of halogens is 3. The molecule has 100 valence electrons. The van der Waals surface area contributed by atoms with Crippen molar-refractivity contribution in [3.8, 4) is 0 Å². The van der Waals surface area contributed by atoms with Gasteiger partial charge in [-0.05, 0) is 36.5 Å². The molecule has 0 radical (unpaired) electrons. The van der Waals surface area contributed by atoms with Crippen LogP contribution in [-0.4, -0.2) is 13.1 Å². The van der Waals surface area contributed by atoms with Crippen molar-refractivity contribution >= 4 is 21.6 Å². The van der Waals surface area contributed by atoms with Gasteiger partial charge in [0.1, 0.15) is 17.3 Å². The summed E-state index contributed by atoms with van der Waals surface area (Å²) in [7, 11) is 0. The van der Waals surface area contributed by atoms with Gasteiger partial charge >= 0.3 is 0 Å². The summed E-state index contributed by atoms with van der Waals surface area (Å²) in [5.74, 6) is -0.312. The Balaban J connectivity index is 2.19. The van der Waals surface area contributed by atoms with Gasteiger partial charge in [0.05, 0.1) is 0 Å². The maximum atomic E-state index is 14.0. The van der Waals surface area contributed by atoms with Crippen LogP contribution in [0, 0.1) is 17.6 Å². The first-order valence-corrected chi connectivity index (χ1v) is 7.56. The second kappa shape index (κ2) is 6.00. The molecule has 0 spiro atoms. The zero-order chi connectivity index (χ0) is 13.1. The van der Waals surface area contributed by atoms with Gasteiger partial charge in [-0.1, -0.05) is 29.3 Å². The van der Waals surface area contributed by atoms with E-state index in [2.05, 4.69) is 22.9 Å². The van der Waals surface area contributed by atoms with E-state index < -0.39 is 11.6 Å². The number of benzene rings is 1. The van der Waals surface area contributed by atoms with Crippen molar-refractivity contribution in [3.05, 3.63) is 29.3 Å². The smallest absolute Gasteiger partial charge is 0.149 e. The van der Waals surface area contributed by atoms with Crippen molar-refractivity contribution in [1.82, 2.24) is 0 Å². The zero-order valence-corrected chi connectivity index (χ0v) is 12.1. The average molecular weight is 318 g/mol. The fraction of sp³-hybridized carbons (Fsp3) is 0.571. The largest absolute Gasteiger partial charge is 0.367 e. The van der Waals surface area contributed by atoms with E-state index in [4.69, 9.17) is 0 Å². The molecule has 1 unspecified atom stereocenters. The van der Waals surface area contributed by atoms with Crippen LogP contribution in [0.4, 0.5) is 14.5 Å². The summed E-state index contributed by atoms with van der Waals surface area (Å²) in [4.78, 5) is 1.85. The van der Waals surface area contributed by atoms with Crippen LogP contribution in [0.1, 0.15) is 31.7 Å². The molecule has 2 rings (SSSR count). The molecular formula is C14H18BrF2N. The molecule has 1 atom stereocenters. The van der Waals surface area contributed by atoms with Crippen molar-refractivity contribution in [2.45, 2.75) is 31.5 Å². The summed E-state index contributed by atoms with van der Waals surface area (Å²) in [6.07, 6.45) is 3.30. The maximum absolute atomic E-state index is 14.0. The lowest BCUT2D eigenvalue weighted by Crippen LogP contribution is -2.22. The maximum Gasteiger partial charge on any atom is 0.149 e. The van der Waals surface area contributed by atoms with E-state index in [1.165, 1.54) is 12.1 Å². The van der Waals surface area contributed by atoms with E-state index in [0.29, 0.717) is 16.8 Å². The second-order valence-electron chi connectivity index (χ2n) is 4.93. The van der Waals surface area contributed by atoms with E-state index >= 15 is 0 Å². The summed E-state index contributed by atoms with van der Waals surface area (Å²) >= 11 is 3.22. The fourth-order valence-electron chi connectivity index (χ4n) is 2.68. The number of rotatable bonds is 4. The highest BCUT2D eigenvalue weighted by Gasteiger charge is 2.26. The van der Waals surface area contributed by atoms with Crippen LogP contribution in [0.25, 0.3) is 0 Å². The van der Waals surface area contributed by atoms with Crippen molar-refractivity contribution in [3.63, 3.8) is 0 Å². The first-order chi connectivity index (χ1) is 8.65. The predicted molar refractivity (Wildman–Crippen MR) is 74.2 cm³/mol. The SMILES string of the molecule is CCCC1CCN(c2c(F)cc(CBr)cc2F)C1. The molecule has 1 aromatic rings. The number of hydrogen-bond donors (Lipinski definition) is 0. The van der Waals surface area contributed by atoms with Crippen molar-refractivity contribution < 1.29 is 8.78 Å². The Labute approximate surface area is 115 Å². The first-order valence-electron chi connectivity index (χ1n) is 6.44. The van der Waals surface area contributed by atoms with E-state index in [1.807, 2.05) is 4.90 Å². The molecule has 1 aliphatic rings. The Bertz CT molecular complexity index is 399. The van der Waals surface area contributed by atoms with Crippen molar-refractivity contribution in [2.75, 3.05) is 18.0 Å². The normalized spacial score (nSPS) is 19.6. The highest BCUT2D eigenvalue weighted by atomic mass is 79.9. The molecule has 1 saturated heterocycles. The molecule has 1 aromatic carbocycles. The van der Waals surface area contributed by atoms with Crippen LogP contribution in [0.3, 0.4) is 0 Å². The zero-order valence-electron chi connectivity index (χ0n) is 10.6. The molecule has 0 aliphatic carbocycles. The van der Waals surface area contributed by atoms with Crippen LogP contribution in [-0.2, 0) is 5.33 Å². The Morgan fingerprint density at radius 1 is 1.33 bits per heavy atom. The third kappa shape index (κ3) is 2.85. The lowest BCUT2D eigenvalue weighted by atomic mass is 10.0. The molecule has 1 aliphatic heterocycles. The van der Waals surface area contributed by atoms with Crippen molar-refractivity contribution in [2.24, 2.45) is 5.92 Å². The van der Waals surface area contributed by atoms with Crippen LogP contribution in [0.5, 0.6) is 0 Å². The number of hydrogen-bond acceptors (Lipinski definition) is 1. The van der Waals surface area contributed by atoms with E-state index in [-0.39, 0.29) is 5.69 Å². The lowest BCUT2D eigenvalue weighted by Gasteiger charge is -2.20. The minimum absolute atomic E-state index is 0.151. The Hall–Kier alpha value is -0.640. The number of alkyl halides is 1. The quantitative estimate of drug-likeness (QED) is 0.740. The number of anilines is 1. The monoisotopic (exact) mass is 317 g/mol. The third-order valence-corrected chi connectivity index (χ3v) is 4.18.